The molecule has 1 fully saturated rings. The maximum Gasteiger partial charge on any atom is 0.420 e. The second-order valence-corrected chi connectivity index (χ2v) is 9.34. The van der Waals surface area contributed by atoms with Crippen LogP contribution in [0.4, 0.5) is 13.2 Å². The van der Waals surface area contributed by atoms with E-state index in [9.17, 15) is 18.0 Å². The van der Waals surface area contributed by atoms with Gasteiger partial charge in [0.2, 0.25) is 5.88 Å². The topological polar surface area (TPSA) is 109 Å². The molecule has 1 saturated heterocycles. The normalized spacial score (nSPS) is 19.7. The van der Waals surface area contributed by atoms with E-state index in [1.54, 1.807) is 26.1 Å². The van der Waals surface area contributed by atoms with Gasteiger partial charge < -0.3 is 9.15 Å². The number of pyridine rings is 1. The summed E-state index contributed by atoms with van der Waals surface area (Å²) in [6.45, 7) is 4.00. The van der Waals surface area contributed by atoms with Crippen LogP contribution in [0.15, 0.2) is 51.4 Å². The number of hydrogen-bond acceptors (Lipinski definition) is 8. The van der Waals surface area contributed by atoms with Crippen LogP contribution in [0.3, 0.4) is 0 Å². The van der Waals surface area contributed by atoms with Crippen molar-refractivity contribution in [2.45, 2.75) is 51.3 Å². The fourth-order valence-electron chi connectivity index (χ4n) is 4.63. The van der Waals surface area contributed by atoms with Crippen molar-refractivity contribution in [3.63, 3.8) is 0 Å². The third-order valence-corrected chi connectivity index (χ3v) is 6.85. The average molecular weight is 522 g/mol. The fraction of sp³-hybridized carbons (Fsp3) is 0.346. The summed E-state index contributed by atoms with van der Waals surface area (Å²) in [4.78, 5) is 34.7. The van der Waals surface area contributed by atoms with Gasteiger partial charge in [-0.2, -0.15) is 13.2 Å². The van der Waals surface area contributed by atoms with E-state index in [0.717, 1.165) is 5.56 Å². The number of hydrogen-bond donors (Lipinski definition) is 0. The van der Waals surface area contributed by atoms with E-state index in [2.05, 4.69) is 25.7 Å². The molecule has 4 aromatic rings. The zero-order valence-electron chi connectivity index (χ0n) is 20.4. The minimum Gasteiger partial charge on any atom is -0.427 e. The quantitative estimate of drug-likeness (QED) is 0.356. The van der Waals surface area contributed by atoms with Gasteiger partial charge in [-0.1, -0.05) is 0 Å². The van der Waals surface area contributed by atoms with Crippen LogP contribution < -0.4 is 5.56 Å². The Labute approximate surface area is 213 Å². The van der Waals surface area contributed by atoms with Crippen molar-refractivity contribution in [1.29, 1.82) is 0 Å². The number of alkyl halides is 3. The Kier molecular flexibility index (Phi) is 5.73. The van der Waals surface area contributed by atoms with Gasteiger partial charge in [0.15, 0.2) is 12.0 Å². The summed E-state index contributed by atoms with van der Waals surface area (Å²) in [5.74, 6) is 0.602. The molecule has 4 aromatic heterocycles. The summed E-state index contributed by atoms with van der Waals surface area (Å²) in [5, 5.41) is 0. The molecule has 1 aliphatic heterocycles. The van der Waals surface area contributed by atoms with Crippen molar-refractivity contribution < 1.29 is 22.3 Å². The largest absolute Gasteiger partial charge is 0.427 e. The van der Waals surface area contributed by atoms with E-state index in [-0.39, 0.29) is 29.9 Å². The lowest BCUT2D eigenvalue weighted by Crippen LogP contribution is -2.23. The SMILES string of the molecule is Cc1nc2nc([C@H]3CCO[C@@H](c4ccc(=O)n(-c5cnco5)c4)C3)nc(C3=C=C(C(F)(F)F)C3)c2nc1C. The van der Waals surface area contributed by atoms with Crippen LogP contribution in [0.25, 0.3) is 22.6 Å². The van der Waals surface area contributed by atoms with Gasteiger partial charge in [0.05, 0.1) is 29.3 Å². The van der Waals surface area contributed by atoms with Crippen molar-refractivity contribution in [3.8, 4) is 5.88 Å². The number of fused-ring (bicyclic) bond motifs is 1. The second kappa shape index (κ2) is 9.00. The molecule has 0 radical (unpaired) electrons. The van der Waals surface area contributed by atoms with Gasteiger partial charge in [0.25, 0.3) is 5.56 Å². The van der Waals surface area contributed by atoms with Gasteiger partial charge in [0, 0.05) is 36.8 Å². The molecule has 194 valence electrons. The summed E-state index contributed by atoms with van der Waals surface area (Å²) in [6, 6.07) is 3.14. The first-order valence-electron chi connectivity index (χ1n) is 12.0. The molecule has 2 atom stereocenters. The van der Waals surface area contributed by atoms with E-state index in [4.69, 9.17) is 14.1 Å². The Morgan fingerprint density at radius 1 is 1.11 bits per heavy atom. The number of nitrogens with zero attached hydrogens (tertiary/aromatic N) is 6. The first kappa shape index (κ1) is 24.2. The lowest BCUT2D eigenvalue weighted by molar-refractivity contribution is -0.0934. The number of aromatic nitrogens is 6. The zero-order valence-corrected chi connectivity index (χ0v) is 20.4. The summed E-state index contributed by atoms with van der Waals surface area (Å²) < 4.78 is 52.0. The molecule has 0 aromatic carbocycles. The number of allylic oxidation sites excluding steroid dienone is 1. The molecule has 1 aliphatic carbocycles. The Morgan fingerprint density at radius 3 is 2.63 bits per heavy atom. The molecule has 38 heavy (non-hydrogen) atoms. The van der Waals surface area contributed by atoms with Crippen molar-refractivity contribution >= 4 is 16.7 Å². The van der Waals surface area contributed by atoms with Gasteiger partial charge in [-0.25, -0.2) is 24.9 Å². The van der Waals surface area contributed by atoms with Gasteiger partial charge >= 0.3 is 6.18 Å². The van der Waals surface area contributed by atoms with E-state index in [0.29, 0.717) is 59.1 Å². The fourth-order valence-corrected chi connectivity index (χ4v) is 4.63. The van der Waals surface area contributed by atoms with Crippen LogP contribution in [0, 0.1) is 13.8 Å². The summed E-state index contributed by atoms with van der Waals surface area (Å²) in [6.07, 6.45) is 0.378. The third kappa shape index (κ3) is 4.31. The highest BCUT2D eigenvalue weighted by atomic mass is 19.4. The van der Waals surface area contributed by atoms with Crippen LogP contribution in [-0.4, -0.2) is 42.3 Å². The maximum absolute atomic E-state index is 13.1. The molecule has 0 unspecified atom stereocenters. The first-order valence-corrected chi connectivity index (χ1v) is 12.0. The summed E-state index contributed by atoms with van der Waals surface area (Å²) in [5.41, 5.74) is 4.91. The summed E-state index contributed by atoms with van der Waals surface area (Å²) in [7, 11) is 0. The highest BCUT2D eigenvalue weighted by molar-refractivity contribution is 5.87. The van der Waals surface area contributed by atoms with Crippen LogP contribution >= 0.6 is 0 Å². The van der Waals surface area contributed by atoms with E-state index in [1.165, 1.54) is 23.2 Å². The number of oxazole rings is 1. The molecular formula is C26H21F3N6O3. The number of aryl methyl sites for hydroxylation is 2. The molecule has 0 N–H and O–H groups in total. The smallest absolute Gasteiger partial charge is 0.420 e. The molecule has 0 amide bonds. The number of rotatable bonds is 4. The molecule has 0 bridgehead atoms. The van der Waals surface area contributed by atoms with Gasteiger partial charge in [-0.15, -0.1) is 5.73 Å². The molecular weight excluding hydrogens is 501 g/mol. The first-order chi connectivity index (χ1) is 18.2. The molecule has 5 heterocycles. The Hall–Kier alpha value is -4.15. The molecule has 0 spiro atoms. The highest BCUT2D eigenvalue weighted by Crippen LogP contribution is 2.41. The highest BCUT2D eigenvalue weighted by Gasteiger charge is 2.39. The number of halogens is 3. The molecule has 9 nitrogen and oxygen atoms in total. The Morgan fingerprint density at radius 2 is 1.89 bits per heavy atom. The van der Waals surface area contributed by atoms with Crippen molar-refractivity contribution in [1.82, 2.24) is 29.5 Å². The second-order valence-electron chi connectivity index (χ2n) is 9.34. The van der Waals surface area contributed by atoms with Crippen LogP contribution in [0.5, 0.6) is 0 Å². The van der Waals surface area contributed by atoms with E-state index < -0.39 is 11.7 Å². The van der Waals surface area contributed by atoms with Crippen LogP contribution in [0.1, 0.15) is 59.8 Å². The minimum absolute atomic E-state index is 0.155. The van der Waals surface area contributed by atoms with E-state index >= 15 is 0 Å². The predicted molar refractivity (Wildman–Crippen MR) is 128 cm³/mol. The van der Waals surface area contributed by atoms with Gasteiger partial charge in [-0.05, 0) is 38.3 Å². The maximum atomic E-state index is 13.1. The monoisotopic (exact) mass is 522 g/mol. The average Bonchev–Trinajstić information content (AvgIpc) is 3.38. The standard InChI is InChI=1S/C26H21F3N6O3/c1-13-14(2)32-25-23(31-13)22(17-7-18(8-17)26(27,28)29)33-24(34-25)15-5-6-37-19(9-15)16-3-4-20(36)35(11-16)21-10-30-12-38-21/h3-4,10-12,15,19H,5-7,9H2,1-2H3/t15-,19+/m0/s1. The molecule has 0 saturated carbocycles. The third-order valence-electron chi connectivity index (χ3n) is 6.85. The Balaban J connectivity index is 1.39. The van der Waals surface area contributed by atoms with Gasteiger partial charge in [-0.3, -0.25) is 9.36 Å². The lowest BCUT2D eigenvalue weighted by atomic mass is 9.90. The van der Waals surface area contributed by atoms with Gasteiger partial charge in [0.1, 0.15) is 17.0 Å². The molecule has 2 aliphatic rings. The van der Waals surface area contributed by atoms with E-state index in [1.807, 2.05) is 0 Å². The van der Waals surface area contributed by atoms with Crippen molar-refractivity contribution in [2.24, 2.45) is 0 Å². The minimum atomic E-state index is -4.43. The number of ether oxygens (including phenoxy) is 1. The summed E-state index contributed by atoms with van der Waals surface area (Å²) >= 11 is 0. The zero-order chi connectivity index (χ0) is 26.6. The van der Waals surface area contributed by atoms with Crippen molar-refractivity contribution in [3.05, 3.63) is 81.0 Å². The Bertz CT molecular complexity index is 1690. The lowest BCUT2D eigenvalue weighted by Gasteiger charge is -2.29. The molecule has 12 heteroatoms. The van der Waals surface area contributed by atoms with Crippen LogP contribution in [0.2, 0.25) is 0 Å². The van der Waals surface area contributed by atoms with Crippen LogP contribution in [-0.2, 0) is 4.74 Å². The predicted octanol–water partition coefficient (Wildman–Crippen LogP) is 4.69. The van der Waals surface area contributed by atoms with Crippen molar-refractivity contribution in [2.75, 3.05) is 6.61 Å². The molecule has 6 rings (SSSR count).